The number of para-hydroxylation sites is 2. The van der Waals surface area contributed by atoms with E-state index >= 15 is 0 Å². The fourth-order valence-corrected chi connectivity index (χ4v) is 4.96. The highest BCUT2D eigenvalue weighted by atomic mass is 31.2. The largest absolute Gasteiger partial charge is 0.441 e. The van der Waals surface area contributed by atoms with Crippen LogP contribution in [0.3, 0.4) is 0 Å². The van der Waals surface area contributed by atoms with Gasteiger partial charge in [0.15, 0.2) is 0 Å². The van der Waals surface area contributed by atoms with Gasteiger partial charge in [-0.2, -0.15) is 0 Å². The highest BCUT2D eigenvalue weighted by Crippen LogP contribution is 2.49. The fourth-order valence-electron chi connectivity index (χ4n) is 2.83. The number of nitrogen functional groups attached to an aromatic ring is 1. The molecule has 0 aliphatic heterocycles. The molecular formula is C22H24NO2P. The molecule has 0 radical (unpaired) electrons. The van der Waals surface area contributed by atoms with Gasteiger partial charge >= 0.3 is 0 Å². The number of nitrogens with two attached hydrogens (primary N) is 1. The summed E-state index contributed by atoms with van der Waals surface area (Å²) in [6.07, 6.45) is 2.44. The van der Waals surface area contributed by atoms with Crippen LogP contribution in [0, 0.1) is 0 Å². The van der Waals surface area contributed by atoms with Crippen molar-refractivity contribution in [2.45, 2.75) is 12.8 Å². The average molecular weight is 365 g/mol. The molecule has 3 rings (SSSR count). The van der Waals surface area contributed by atoms with E-state index in [2.05, 4.69) is 24.3 Å². The molecule has 26 heavy (non-hydrogen) atoms. The molecule has 2 N–H and O–H groups in total. The summed E-state index contributed by atoms with van der Waals surface area (Å²) in [5, 5.41) is 0. The van der Waals surface area contributed by atoms with E-state index in [1.807, 2.05) is 48.5 Å². The summed E-state index contributed by atoms with van der Waals surface area (Å²) in [5.74, 6) is 0.511. The summed E-state index contributed by atoms with van der Waals surface area (Å²) in [4.78, 5) is 0. The molecule has 0 saturated carbocycles. The molecule has 0 unspecified atom stereocenters. The number of hydrogen-bond donors (Lipinski definition) is 1. The molecule has 0 aliphatic carbocycles. The third-order valence-corrected chi connectivity index (χ3v) is 6.69. The van der Waals surface area contributed by atoms with Crippen LogP contribution in [0.2, 0.25) is 0 Å². The SMILES string of the molecule is Nc1ccccc1OP(=O)(CCc1ccccc1)CCc1ccccc1. The lowest BCUT2D eigenvalue weighted by atomic mass is 10.2. The Bertz CT molecular complexity index is 818. The van der Waals surface area contributed by atoms with Gasteiger partial charge in [-0.25, -0.2) is 0 Å². The van der Waals surface area contributed by atoms with Crippen molar-refractivity contribution in [1.82, 2.24) is 0 Å². The van der Waals surface area contributed by atoms with Gasteiger partial charge in [0, 0.05) is 12.3 Å². The molecule has 0 amide bonds. The highest BCUT2D eigenvalue weighted by molar-refractivity contribution is 7.59. The second-order valence-corrected chi connectivity index (χ2v) is 9.07. The summed E-state index contributed by atoms with van der Waals surface area (Å²) in [7, 11) is -2.88. The molecule has 0 aliphatic rings. The zero-order chi connectivity index (χ0) is 18.2. The normalized spacial score (nSPS) is 11.2. The first kappa shape index (κ1) is 18.3. The van der Waals surface area contributed by atoms with Gasteiger partial charge in [-0.1, -0.05) is 72.8 Å². The van der Waals surface area contributed by atoms with Crippen molar-refractivity contribution in [2.75, 3.05) is 18.1 Å². The third kappa shape index (κ3) is 5.24. The minimum absolute atomic E-state index is 0.498. The number of benzene rings is 3. The van der Waals surface area contributed by atoms with Crippen LogP contribution in [0.1, 0.15) is 11.1 Å². The van der Waals surface area contributed by atoms with Gasteiger partial charge in [0.1, 0.15) is 5.75 Å². The number of rotatable bonds is 8. The van der Waals surface area contributed by atoms with Crippen LogP contribution in [0.4, 0.5) is 5.69 Å². The summed E-state index contributed by atoms with van der Waals surface area (Å²) >= 11 is 0. The first-order valence-corrected chi connectivity index (χ1v) is 10.8. The average Bonchev–Trinajstić information content (AvgIpc) is 2.69. The molecule has 0 aromatic heterocycles. The van der Waals surface area contributed by atoms with Crippen LogP contribution in [0.15, 0.2) is 84.9 Å². The Hall–Kier alpha value is -2.51. The summed E-state index contributed by atoms with van der Waals surface area (Å²) in [5.41, 5.74) is 8.84. The highest BCUT2D eigenvalue weighted by Gasteiger charge is 2.25. The topological polar surface area (TPSA) is 52.3 Å². The van der Waals surface area contributed by atoms with Crippen molar-refractivity contribution in [1.29, 1.82) is 0 Å². The Kier molecular flexibility index (Phi) is 6.14. The van der Waals surface area contributed by atoms with Gasteiger partial charge in [-0.05, 0) is 36.1 Å². The molecule has 0 spiro atoms. The predicted octanol–water partition coefficient (Wildman–Crippen LogP) is 5.41. The number of hydrogen-bond acceptors (Lipinski definition) is 3. The van der Waals surface area contributed by atoms with Gasteiger partial charge in [0.2, 0.25) is 7.37 Å². The van der Waals surface area contributed by atoms with Gasteiger partial charge in [-0.3, -0.25) is 4.57 Å². The van der Waals surface area contributed by atoms with Crippen LogP contribution in [0.25, 0.3) is 0 Å². The summed E-state index contributed by atoms with van der Waals surface area (Å²) < 4.78 is 19.6. The predicted molar refractivity (Wildman–Crippen MR) is 109 cm³/mol. The van der Waals surface area contributed by atoms with Gasteiger partial charge in [0.25, 0.3) is 0 Å². The molecule has 0 heterocycles. The van der Waals surface area contributed by atoms with Crippen LogP contribution >= 0.6 is 7.37 Å². The zero-order valence-electron chi connectivity index (χ0n) is 14.8. The van der Waals surface area contributed by atoms with Crippen LogP contribution in [-0.2, 0) is 17.4 Å². The molecule has 3 aromatic carbocycles. The Morgan fingerprint density at radius 3 is 1.65 bits per heavy atom. The second kappa shape index (κ2) is 8.73. The quantitative estimate of drug-likeness (QED) is 0.429. The Morgan fingerprint density at radius 1 is 0.692 bits per heavy atom. The van der Waals surface area contributed by atoms with E-state index < -0.39 is 7.37 Å². The summed E-state index contributed by atoms with van der Waals surface area (Å²) in [6.45, 7) is 0. The molecular weight excluding hydrogens is 341 g/mol. The molecule has 0 bridgehead atoms. The van der Waals surface area contributed by atoms with Crippen LogP contribution < -0.4 is 10.3 Å². The minimum atomic E-state index is -2.88. The Balaban J connectivity index is 1.75. The fraction of sp³-hybridized carbons (Fsp3) is 0.182. The number of anilines is 1. The van der Waals surface area contributed by atoms with E-state index in [-0.39, 0.29) is 0 Å². The molecule has 0 saturated heterocycles. The van der Waals surface area contributed by atoms with E-state index in [1.165, 1.54) is 0 Å². The van der Waals surface area contributed by atoms with E-state index in [4.69, 9.17) is 10.3 Å². The van der Waals surface area contributed by atoms with Crippen molar-refractivity contribution in [3.63, 3.8) is 0 Å². The van der Waals surface area contributed by atoms with Gasteiger partial charge in [0.05, 0.1) is 5.69 Å². The van der Waals surface area contributed by atoms with Crippen molar-refractivity contribution in [2.24, 2.45) is 0 Å². The molecule has 0 fully saturated rings. The molecule has 4 heteroatoms. The lowest BCUT2D eigenvalue weighted by Crippen LogP contribution is -2.08. The van der Waals surface area contributed by atoms with Crippen molar-refractivity contribution in [3.05, 3.63) is 96.1 Å². The Labute approximate surface area is 155 Å². The van der Waals surface area contributed by atoms with E-state index in [0.717, 1.165) is 24.0 Å². The van der Waals surface area contributed by atoms with Gasteiger partial charge in [-0.15, -0.1) is 0 Å². The maximum atomic E-state index is 13.6. The van der Waals surface area contributed by atoms with Crippen LogP contribution in [0.5, 0.6) is 5.75 Å². The van der Waals surface area contributed by atoms with Gasteiger partial charge < -0.3 is 10.3 Å². The van der Waals surface area contributed by atoms with E-state index in [0.29, 0.717) is 23.8 Å². The maximum absolute atomic E-state index is 13.6. The zero-order valence-corrected chi connectivity index (χ0v) is 15.6. The molecule has 3 aromatic rings. The monoisotopic (exact) mass is 365 g/mol. The number of aryl methyl sites for hydroxylation is 2. The van der Waals surface area contributed by atoms with E-state index in [9.17, 15) is 4.57 Å². The van der Waals surface area contributed by atoms with Crippen molar-refractivity contribution >= 4 is 13.1 Å². The van der Waals surface area contributed by atoms with Crippen LogP contribution in [-0.4, -0.2) is 12.3 Å². The first-order valence-electron chi connectivity index (χ1n) is 8.85. The minimum Gasteiger partial charge on any atom is -0.441 e. The lowest BCUT2D eigenvalue weighted by Gasteiger charge is -2.21. The summed E-state index contributed by atoms with van der Waals surface area (Å²) in [6, 6.07) is 27.4. The molecule has 3 nitrogen and oxygen atoms in total. The first-order chi connectivity index (χ1) is 12.6. The molecule has 0 atom stereocenters. The lowest BCUT2D eigenvalue weighted by molar-refractivity contribution is 0.481. The smallest absolute Gasteiger partial charge is 0.248 e. The molecule has 134 valence electrons. The van der Waals surface area contributed by atoms with E-state index in [1.54, 1.807) is 12.1 Å². The van der Waals surface area contributed by atoms with Crippen molar-refractivity contribution < 1.29 is 9.09 Å². The second-order valence-electron chi connectivity index (χ2n) is 6.36. The van der Waals surface area contributed by atoms with Crippen molar-refractivity contribution in [3.8, 4) is 5.75 Å². The Morgan fingerprint density at radius 2 is 1.15 bits per heavy atom. The maximum Gasteiger partial charge on any atom is 0.248 e. The standard InChI is InChI=1S/C22H24NO2P/c23-21-13-7-8-14-22(21)25-26(24,17-15-19-9-3-1-4-10-19)18-16-20-11-5-2-6-12-20/h1-14H,15-18,23H2. The third-order valence-electron chi connectivity index (χ3n) is 4.35.